The van der Waals surface area contributed by atoms with Crippen molar-refractivity contribution in [3.05, 3.63) is 151 Å². The summed E-state index contributed by atoms with van der Waals surface area (Å²) in [6.45, 7) is -2.26. The van der Waals surface area contributed by atoms with E-state index in [1.807, 2.05) is 121 Å². The second-order valence-corrected chi connectivity index (χ2v) is 15.6. The Labute approximate surface area is 307 Å². The average molecular weight is 729 g/mol. The fraction of sp³-hybridized carbons (Fsp3) is 0.143. The second kappa shape index (κ2) is 16.4. The number of esters is 2. The molecule has 0 spiro atoms. The van der Waals surface area contributed by atoms with Crippen molar-refractivity contribution in [3.8, 4) is 11.5 Å². The van der Waals surface area contributed by atoms with E-state index < -0.39 is 48.8 Å². The maximum Gasteiger partial charge on any atom is 0.337 e. The summed E-state index contributed by atoms with van der Waals surface area (Å²) in [6, 6.07) is 40.5. The normalized spacial score (nSPS) is 15.8. The van der Waals surface area contributed by atoms with Gasteiger partial charge in [-0.25, -0.2) is 9.59 Å². The molecule has 0 aromatic heterocycles. The Balaban J connectivity index is 0.000000606. The van der Waals surface area contributed by atoms with Crippen LogP contribution in [0.2, 0.25) is 0 Å². The van der Waals surface area contributed by atoms with E-state index in [0.29, 0.717) is 27.8 Å². The molecular weight excluding hydrogens is 691 g/mol. The van der Waals surface area contributed by atoms with Gasteiger partial charge in [0.2, 0.25) is 11.8 Å². The summed E-state index contributed by atoms with van der Waals surface area (Å²) in [7, 11) is 1.21. The van der Waals surface area contributed by atoms with E-state index in [1.165, 1.54) is 14.0 Å². The van der Waals surface area contributed by atoms with E-state index in [0.717, 1.165) is 16.4 Å². The molecule has 3 atom stereocenters. The predicted octanol–water partition coefficient (Wildman–Crippen LogP) is 4.14. The summed E-state index contributed by atoms with van der Waals surface area (Å²) in [4.78, 5) is 68.2. The summed E-state index contributed by atoms with van der Waals surface area (Å²) in [6.07, 6.45) is 0.488. The van der Waals surface area contributed by atoms with Crippen LogP contribution in [0.3, 0.4) is 0 Å². The number of amides is 2. The summed E-state index contributed by atoms with van der Waals surface area (Å²) in [5.41, 5.74) is 0.683. The fourth-order valence-electron chi connectivity index (χ4n) is 6.54. The number of benzene rings is 5. The number of fused-ring (bicyclic) bond motifs is 2. The van der Waals surface area contributed by atoms with Gasteiger partial charge in [0.25, 0.3) is 0 Å². The Morgan fingerprint density at radius 2 is 1.25 bits per heavy atom. The highest BCUT2D eigenvalue weighted by Crippen LogP contribution is 2.48. The van der Waals surface area contributed by atoms with Gasteiger partial charge < -0.3 is 29.2 Å². The molecule has 1 saturated heterocycles. The average Bonchev–Trinajstić information content (AvgIpc) is 3.20. The molecule has 0 radical (unpaired) electrons. The van der Waals surface area contributed by atoms with Crippen molar-refractivity contribution >= 4 is 58.1 Å². The van der Waals surface area contributed by atoms with E-state index in [-0.39, 0.29) is 11.9 Å². The first-order valence-electron chi connectivity index (χ1n) is 16.8. The number of aldehydes is 1. The van der Waals surface area contributed by atoms with E-state index >= 15 is 0 Å². The zero-order valence-corrected chi connectivity index (χ0v) is 29.9. The van der Waals surface area contributed by atoms with Crippen LogP contribution in [0, 0.1) is 0 Å². The molecule has 2 amide bonds. The second-order valence-electron chi connectivity index (χ2n) is 12.2. The third kappa shape index (κ3) is 7.40. The van der Waals surface area contributed by atoms with Gasteiger partial charge in [-0.2, -0.15) is 0 Å². The molecule has 5 aromatic rings. The van der Waals surface area contributed by atoms with Gasteiger partial charge in [-0.05, 0) is 40.5 Å². The minimum atomic E-state index is -3.34. The molecule has 53 heavy (non-hydrogen) atoms. The highest BCUT2D eigenvalue weighted by Gasteiger charge is 2.57. The van der Waals surface area contributed by atoms with Gasteiger partial charge in [-0.15, -0.1) is 0 Å². The van der Waals surface area contributed by atoms with Gasteiger partial charge >= 0.3 is 11.9 Å². The van der Waals surface area contributed by atoms with E-state index in [1.54, 1.807) is 24.3 Å². The zero-order chi connectivity index (χ0) is 37.4. The first-order chi connectivity index (χ1) is 25.8. The molecule has 268 valence electrons. The predicted molar refractivity (Wildman–Crippen MR) is 203 cm³/mol. The zero-order valence-electron chi connectivity index (χ0n) is 29.0. The number of carbonyl (C=O) groups excluding carboxylic acids is 5. The third-order valence-corrected chi connectivity index (χ3v) is 13.3. The number of hydrogen-bond acceptors (Lipinski definition) is 8. The lowest BCUT2D eigenvalue weighted by atomic mass is 9.92. The lowest BCUT2D eigenvalue weighted by Crippen LogP contribution is -2.76. The quantitative estimate of drug-likeness (QED) is 0.0913. The molecule has 3 aliphatic heterocycles. The standard InChI is InChI=1S/C36H33N2O7P.C6H4O/c1-25(40)37-31-30(23-39)38(34(31)41)32(35(42)45-24-26-15-7-3-8-16-26)33(36(43)44-2)46(27-17-9-4-10-18-27,28-19-11-5-12-20-28)29-21-13-6-14-22-29;1-2-5-4-6(3-1)7-5/h3-23,30-32H,24H2,1-2H3,(H,37,40);1-4H/t30?,31?,32-;/m0./s1. The van der Waals surface area contributed by atoms with Crippen LogP contribution in [0.4, 0.5) is 0 Å². The molecule has 1 N–H and O–H groups in total. The number of rotatable bonds is 11. The number of ether oxygens (including phenoxy) is 3. The molecule has 1 fully saturated rings. The largest absolute Gasteiger partial charge is 0.466 e. The Morgan fingerprint density at radius 1 is 0.774 bits per heavy atom. The van der Waals surface area contributed by atoms with Crippen LogP contribution in [-0.2, 0) is 40.1 Å². The Hall–Kier alpha value is -6.25. The van der Waals surface area contributed by atoms with Crippen molar-refractivity contribution in [1.29, 1.82) is 0 Å². The number of nitrogens with one attached hydrogen (secondary N) is 1. The third-order valence-electron chi connectivity index (χ3n) is 8.89. The minimum Gasteiger partial charge on any atom is -0.466 e. The smallest absolute Gasteiger partial charge is 0.337 e. The van der Waals surface area contributed by atoms with E-state index in [2.05, 4.69) is 5.32 Å². The van der Waals surface area contributed by atoms with Gasteiger partial charge in [0, 0.05) is 13.0 Å². The molecule has 0 saturated carbocycles. The highest BCUT2D eigenvalue weighted by atomic mass is 31.2. The van der Waals surface area contributed by atoms with Crippen LogP contribution in [0.15, 0.2) is 146 Å². The van der Waals surface area contributed by atoms with Crippen molar-refractivity contribution in [2.75, 3.05) is 7.11 Å². The van der Waals surface area contributed by atoms with Crippen LogP contribution < -0.4 is 26.0 Å². The van der Waals surface area contributed by atoms with Crippen molar-refractivity contribution < 1.29 is 38.2 Å². The first-order valence-corrected chi connectivity index (χ1v) is 18.6. The number of likely N-dealkylation sites (tertiary alicyclic amines) is 1. The summed E-state index contributed by atoms with van der Waals surface area (Å²) in [5.74, 6) is -1.02. The molecule has 5 aromatic carbocycles. The topological polar surface area (TPSA) is 128 Å². The van der Waals surface area contributed by atoms with E-state index in [4.69, 9.17) is 14.2 Å². The molecule has 3 heterocycles. The van der Waals surface area contributed by atoms with Gasteiger partial charge in [0.1, 0.15) is 36.5 Å². The van der Waals surface area contributed by atoms with Crippen molar-refractivity contribution in [2.45, 2.75) is 31.7 Å². The minimum absolute atomic E-state index is 0.0434. The lowest BCUT2D eigenvalue weighted by molar-refractivity contribution is -0.167. The molecule has 3 aliphatic rings. The van der Waals surface area contributed by atoms with Gasteiger partial charge in [0.15, 0.2) is 6.04 Å². The Kier molecular flexibility index (Phi) is 11.3. The summed E-state index contributed by atoms with van der Waals surface area (Å²) >= 11 is 0. The maximum absolute atomic E-state index is 14.5. The highest BCUT2D eigenvalue weighted by molar-refractivity contribution is 7.96. The maximum atomic E-state index is 14.5. The van der Waals surface area contributed by atoms with Crippen LogP contribution >= 0.6 is 6.89 Å². The SMILES string of the molecule is COC(=O)C([C@@H](C(=O)OCc1ccccc1)N1C(=O)C(NC(C)=O)C1C=O)=P(c1ccccc1)(c1ccccc1)c1ccccc1.c1cc2cc(c1)O2. The molecule has 0 aliphatic carbocycles. The molecule has 2 unspecified atom stereocenters. The van der Waals surface area contributed by atoms with Crippen LogP contribution in [0.5, 0.6) is 11.5 Å². The van der Waals surface area contributed by atoms with Crippen LogP contribution in [0.25, 0.3) is 0 Å². The first kappa shape index (κ1) is 36.5. The van der Waals surface area contributed by atoms with Crippen molar-refractivity contribution in [2.24, 2.45) is 0 Å². The van der Waals surface area contributed by atoms with Gasteiger partial charge in [-0.1, -0.05) is 127 Å². The van der Waals surface area contributed by atoms with Crippen LogP contribution in [0.1, 0.15) is 12.5 Å². The molecule has 2 bridgehead atoms. The molecular formula is C42H37N2O8P. The molecule has 10 nitrogen and oxygen atoms in total. The Morgan fingerprint density at radius 3 is 1.62 bits per heavy atom. The van der Waals surface area contributed by atoms with Crippen molar-refractivity contribution in [3.63, 3.8) is 0 Å². The lowest BCUT2D eigenvalue weighted by Gasteiger charge is -2.48. The number of carbonyl (C=O) groups is 5. The number of hydrogen-bond donors (Lipinski definition) is 1. The van der Waals surface area contributed by atoms with Crippen LogP contribution in [-0.4, -0.2) is 65.5 Å². The number of methoxy groups -OCH3 is 1. The van der Waals surface area contributed by atoms with Gasteiger partial charge in [-0.3, -0.25) is 9.59 Å². The van der Waals surface area contributed by atoms with Gasteiger partial charge in [0.05, 0.1) is 12.4 Å². The fourth-order valence-corrected chi connectivity index (χ4v) is 11.1. The van der Waals surface area contributed by atoms with Crippen molar-refractivity contribution in [1.82, 2.24) is 10.2 Å². The summed E-state index contributed by atoms with van der Waals surface area (Å²) in [5, 5.41) is 4.59. The number of nitrogens with zero attached hydrogens (tertiary/aromatic N) is 1. The molecule has 8 rings (SSSR count). The number of β-lactam (4-membered cyclic amide) rings is 1. The monoisotopic (exact) mass is 728 g/mol. The Bertz CT molecular complexity index is 2030. The summed E-state index contributed by atoms with van der Waals surface area (Å²) < 4.78 is 16.3. The molecule has 11 heteroatoms. The van der Waals surface area contributed by atoms with E-state index in [9.17, 15) is 24.0 Å².